The molecule has 0 radical (unpaired) electrons. The smallest absolute Gasteiger partial charge is 0.254 e. The number of fused-ring (bicyclic) bond motifs is 1. The van der Waals surface area contributed by atoms with Gasteiger partial charge in [-0.25, -0.2) is 9.37 Å². The van der Waals surface area contributed by atoms with Gasteiger partial charge in [0.05, 0.1) is 24.2 Å². The first-order chi connectivity index (χ1) is 17.4. The van der Waals surface area contributed by atoms with Crippen LogP contribution in [0.1, 0.15) is 27.8 Å². The van der Waals surface area contributed by atoms with Crippen molar-refractivity contribution >= 4 is 34.2 Å². The van der Waals surface area contributed by atoms with Crippen LogP contribution in [0.2, 0.25) is 5.15 Å². The van der Waals surface area contributed by atoms with E-state index in [1.54, 1.807) is 0 Å². The predicted octanol–water partition coefficient (Wildman–Crippen LogP) is 5.05. The second kappa shape index (κ2) is 9.71. The molecule has 0 fully saturated rings. The van der Waals surface area contributed by atoms with Crippen molar-refractivity contribution in [3.63, 3.8) is 0 Å². The fraction of sp³-hybridized carbons (Fsp3) is 0.115. The molecule has 10 heteroatoms. The summed E-state index contributed by atoms with van der Waals surface area (Å²) in [6, 6.07) is 18.5. The molecule has 1 unspecified atom stereocenters. The van der Waals surface area contributed by atoms with Crippen LogP contribution in [0.3, 0.4) is 0 Å². The Morgan fingerprint density at radius 2 is 1.97 bits per heavy atom. The molecule has 0 aliphatic rings. The van der Waals surface area contributed by atoms with Crippen LogP contribution in [-0.2, 0) is 6.42 Å². The Morgan fingerprint density at radius 1 is 1.17 bits per heavy atom. The third-order valence-electron chi connectivity index (χ3n) is 5.88. The molecule has 0 aliphatic carbocycles. The van der Waals surface area contributed by atoms with Gasteiger partial charge in [0.15, 0.2) is 5.82 Å². The van der Waals surface area contributed by atoms with Crippen LogP contribution in [0, 0.1) is 5.82 Å². The summed E-state index contributed by atoms with van der Waals surface area (Å²) in [7, 11) is 1.45. The molecule has 0 saturated heterocycles. The van der Waals surface area contributed by atoms with E-state index in [2.05, 4.69) is 20.5 Å². The summed E-state index contributed by atoms with van der Waals surface area (Å²) < 4.78 is 19.6. The monoisotopic (exact) mass is 504 g/mol. The fourth-order valence-electron chi connectivity index (χ4n) is 4.02. The van der Waals surface area contributed by atoms with Crippen molar-refractivity contribution in [1.82, 2.24) is 25.5 Å². The molecule has 1 atom stereocenters. The van der Waals surface area contributed by atoms with Crippen molar-refractivity contribution in [2.45, 2.75) is 12.5 Å². The average molecular weight is 505 g/mol. The number of methoxy groups -OCH3 is 1. The summed E-state index contributed by atoms with van der Waals surface area (Å²) in [6.45, 7) is 0. The number of imidazole rings is 1. The zero-order chi connectivity index (χ0) is 25.2. The number of rotatable bonds is 7. The number of nitrogen functional groups attached to an aromatic ring is 1. The molecule has 0 bridgehead atoms. The van der Waals surface area contributed by atoms with Crippen molar-refractivity contribution in [3.05, 3.63) is 94.7 Å². The van der Waals surface area contributed by atoms with Gasteiger partial charge in [0, 0.05) is 10.9 Å². The Morgan fingerprint density at radius 3 is 2.75 bits per heavy atom. The van der Waals surface area contributed by atoms with Crippen LogP contribution in [0.25, 0.3) is 22.2 Å². The van der Waals surface area contributed by atoms with E-state index >= 15 is 0 Å². The number of amides is 1. The number of aromatic amines is 2. The number of ether oxygens (including phenoxy) is 1. The average Bonchev–Trinajstić information content (AvgIpc) is 3.46. The number of benzene rings is 3. The van der Waals surface area contributed by atoms with Gasteiger partial charge in [0.25, 0.3) is 5.91 Å². The molecular formula is C26H22ClFN6O2. The van der Waals surface area contributed by atoms with E-state index in [9.17, 15) is 9.18 Å². The zero-order valence-corrected chi connectivity index (χ0v) is 19.9. The van der Waals surface area contributed by atoms with E-state index in [-0.39, 0.29) is 5.56 Å². The number of H-pyrrole nitrogens is 2. The van der Waals surface area contributed by atoms with Crippen molar-refractivity contribution in [2.24, 2.45) is 0 Å². The first-order valence-electron chi connectivity index (χ1n) is 11.1. The molecule has 5 rings (SSSR count). The fourth-order valence-corrected chi connectivity index (χ4v) is 4.27. The lowest BCUT2D eigenvalue weighted by molar-refractivity contribution is 0.0930. The van der Waals surface area contributed by atoms with E-state index < -0.39 is 17.8 Å². The van der Waals surface area contributed by atoms with E-state index in [1.807, 2.05) is 48.5 Å². The molecular weight excluding hydrogens is 483 g/mol. The minimum atomic E-state index is -0.655. The Bertz CT molecular complexity index is 1550. The quantitative estimate of drug-likeness (QED) is 0.247. The number of nitrogens with zero attached hydrogens (tertiary/aromatic N) is 2. The highest BCUT2D eigenvalue weighted by Gasteiger charge is 2.24. The molecule has 182 valence electrons. The number of nitrogens with two attached hydrogens (primary N) is 1. The second-order valence-corrected chi connectivity index (χ2v) is 8.59. The van der Waals surface area contributed by atoms with Gasteiger partial charge >= 0.3 is 0 Å². The Kier molecular flexibility index (Phi) is 6.30. The maximum Gasteiger partial charge on any atom is 0.254 e. The van der Waals surface area contributed by atoms with Crippen molar-refractivity contribution in [3.8, 4) is 17.0 Å². The minimum Gasteiger partial charge on any atom is -0.497 e. The van der Waals surface area contributed by atoms with Crippen LogP contribution in [0.15, 0.2) is 66.7 Å². The maximum atomic E-state index is 14.5. The number of hydrogen-bond acceptors (Lipinski definition) is 5. The van der Waals surface area contributed by atoms with Gasteiger partial charge < -0.3 is 20.8 Å². The molecule has 5 aromatic rings. The van der Waals surface area contributed by atoms with Crippen molar-refractivity contribution in [2.75, 3.05) is 12.8 Å². The van der Waals surface area contributed by atoms with E-state index in [4.69, 9.17) is 27.1 Å². The van der Waals surface area contributed by atoms with Crippen molar-refractivity contribution < 1.29 is 13.9 Å². The van der Waals surface area contributed by atoms with Gasteiger partial charge in [-0.1, -0.05) is 48.0 Å². The molecule has 2 heterocycles. The van der Waals surface area contributed by atoms with Crippen LogP contribution < -0.4 is 15.8 Å². The number of halogens is 2. The third-order valence-corrected chi connectivity index (χ3v) is 6.15. The topological polar surface area (TPSA) is 122 Å². The van der Waals surface area contributed by atoms with Crippen LogP contribution in [0.4, 0.5) is 10.2 Å². The number of hydrogen-bond donors (Lipinski definition) is 4. The molecule has 5 N–H and O–H groups in total. The Balaban J connectivity index is 1.50. The molecule has 36 heavy (non-hydrogen) atoms. The van der Waals surface area contributed by atoms with Gasteiger partial charge in [-0.2, -0.15) is 5.10 Å². The van der Waals surface area contributed by atoms with Crippen LogP contribution >= 0.6 is 11.6 Å². The molecule has 8 nitrogen and oxygen atoms in total. The molecule has 2 aromatic heterocycles. The van der Waals surface area contributed by atoms with Gasteiger partial charge in [-0.3, -0.25) is 9.89 Å². The highest BCUT2D eigenvalue weighted by atomic mass is 35.5. The van der Waals surface area contributed by atoms with Gasteiger partial charge in [-0.05, 0) is 42.3 Å². The second-order valence-electron chi connectivity index (χ2n) is 8.22. The van der Waals surface area contributed by atoms with Crippen molar-refractivity contribution in [1.29, 1.82) is 0 Å². The largest absolute Gasteiger partial charge is 0.497 e. The lowest BCUT2D eigenvalue weighted by Crippen LogP contribution is -2.31. The molecule has 0 spiro atoms. The molecule has 3 aromatic carbocycles. The first kappa shape index (κ1) is 23.4. The minimum absolute atomic E-state index is 0.132. The Labute approximate surface area is 210 Å². The highest BCUT2D eigenvalue weighted by Crippen LogP contribution is 2.31. The highest BCUT2D eigenvalue weighted by molar-refractivity contribution is 6.32. The third kappa shape index (κ3) is 4.60. The predicted molar refractivity (Wildman–Crippen MR) is 136 cm³/mol. The molecule has 0 aliphatic heterocycles. The van der Waals surface area contributed by atoms with E-state index in [1.165, 1.54) is 25.3 Å². The summed E-state index contributed by atoms with van der Waals surface area (Å²) in [4.78, 5) is 20.9. The first-order valence-corrected chi connectivity index (χ1v) is 11.5. The lowest BCUT2D eigenvalue weighted by atomic mass is 10.0. The summed E-state index contributed by atoms with van der Waals surface area (Å²) in [5, 5.41) is 10.9. The molecule has 1 amide bonds. The number of carbonyl (C=O) groups is 1. The summed E-state index contributed by atoms with van der Waals surface area (Å²) in [5.74, 6) is -0.0485. The molecule has 0 saturated carbocycles. The summed E-state index contributed by atoms with van der Waals surface area (Å²) in [6.07, 6.45) is 0.400. The van der Waals surface area contributed by atoms with Gasteiger partial charge in [-0.15, -0.1) is 0 Å². The van der Waals surface area contributed by atoms with Crippen LogP contribution in [0.5, 0.6) is 5.75 Å². The zero-order valence-electron chi connectivity index (χ0n) is 19.2. The maximum absolute atomic E-state index is 14.5. The van der Waals surface area contributed by atoms with E-state index in [0.717, 1.165) is 22.0 Å². The SMILES string of the molecule is COc1ccc(F)c(C(=O)NC(Cc2ccccc2)c2nc(-c3ccc4c(N)n[nH]c4c3)c(Cl)[nH]2)c1. The lowest BCUT2D eigenvalue weighted by Gasteiger charge is -2.17. The standard InChI is InChI=1S/C26H22ClFN6O2/c1-36-16-8-10-19(28)18(13-16)26(35)30-21(11-14-5-3-2-4-6-14)25-31-22(23(27)32-25)15-7-9-17-20(12-15)33-34-24(17)29/h2-10,12-13,21H,11H2,1H3,(H,30,35)(H,31,32)(H3,29,33,34). The number of aromatic nitrogens is 4. The Hall–Kier alpha value is -4.37. The number of anilines is 1. The van der Waals surface area contributed by atoms with Gasteiger partial charge in [0.2, 0.25) is 0 Å². The van der Waals surface area contributed by atoms with Crippen LogP contribution in [-0.4, -0.2) is 33.2 Å². The number of carbonyl (C=O) groups excluding carboxylic acids is 1. The summed E-state index contributed by atoms with van der Waals surface area (Å²) in [5.41, 5.74) is 8.68. The van der Waals surface area contributed by atoms with Gasteiger partial charge in [0.1, 0.15) is 28.2 Å². The normalized spacial score (nSPS) is 12.0. The number of nitrogens with one attached hydrogen (secondary N) is 3. The van der Waals surface area contributed by atoms with E-state index in [0.29, 0.717) is 34.7 Å². The summed E-state index contributed by atoms with van der Waals surface area (Å²) >= 11 is 6.54.